The topological polar surface area (TPSA) is 24.5 Å². The first-order chi connectivity index (χ1) is 6.29. The lowest BCUT2D eigenvalue weighted by atomic mass is 10.1. The Morgan fingerprint density at radius 1 is 1.62 bits per heavy atom. The van der Waals surface area contributed by atoms with Crippen LogP contribution in [0, 0.1) is 0 Å². The van der Waals surface area contributed by atoms with Crippen molar-refractivity contribution < 1.29 is 4.74 Å². The summed E-state index contributed by atoms with van der Waals surface area (Å²) in [7, 11) is 2.00. The fraction of sp³-hybridized carbons (Fsp3) is 1.00. The summed E-state index contributed by atoms with van der Waals surface area (Å²) in [5, 5.41) is 3.22. The van der Waals surface area contributed by atoms with Gasteiger partial charge in [-0.3, -0.25) is 4.90 Å². The SMILES string of the molecule is CCC(C)N1CCOCC1CNC. The number of hydrogen-bond acceptors (Lipinski definition) is 3. The first-order valence-corrected chi connectivity index (χ1v) is 5.27. The minimum atomic E-state index is 0.564. The molecule has 0 radical (unpaired) electrons. The first-order valence-electron chi connectivity index (χ1n) is 5.27. The molecule has 1 heterocycles. The number of hydrogen-bond donors (Lipinski definition) is 1. The molecule has 3 nitrogen and oxygen atoms in total. The van der Waals surface area contributed by atoms with E-state index >= 15 is 0 Å². The average molecular weight is 186 g/mol. The number of morpholine rings is 1. The van der Waals surface area contributed by atoms with Crippen LogP contribution >= 0.6 is 0 Å². The van der Waals surface area contributed by atoms with E-state index in [0.29, 0.717) is 12.1 Å². The molecule has 0 saturated carbocycles. The Morgan fingerprint density at radius 2 is 2.38 bits per heavy atom. The van der Waals surface area contributed by atoms with Crippen LogP contribution in [0.4, 0.5) is 0 Å². The summed E-state index contributed by atoms with van der Waals surface area (Å²) >= 11 is 0. The van der Waals surface area contributed by atoms with E-state index in [9.17, 15) is 0 Å². The van der Waals surface area contributed by atoms with E-state index in [2.05, 4.69) is 24.1 Å². The second kappa shape index (κ2) is 5.58. The third-order valence-electron chi connectivity index (χ3n) is 2.87. The fourth-order valence-corrected chi connectivity index (χ4v) is 1.89. The number of nitrogens with one attached hydrogen (secondary N) is 1. The second-order valence-corrected chi connectivity index (χ2v) is 3.78. The third kappa shape index (κ3) is 2.93. The van der Waals surface area contributed by atoms with Crippen LogP contribution in [0.5, 0.6) is 0 Å². The number of ether oxygens (including phenoxy) is 1. The van der Waals surface area contributed by atoms with E-state index in [1.54, 1.807) is 0 Å². The van der Waals surface area contributed by atoms with Gasteiger partial charge in [-0.2, -0.15) is 0 Å². The van der Waals surface area contributed by atoms with Crippen molar-refractivity contribution in [2.24, 2.45) is 0 Å². The van der Waals surface area contributed by atoms with Gasteiger partial charge in [-0.1, -0.05) is 6.92 Å². The van der Waals surface area contributed by atoms with E-state index in [0.717, 1.165) is 26.3 Å². The molecule has 2 atom stereocenters. The Bertz CT molecular complexity index is 139. The van der Waals surface area contributed by atoms with Crippen molar-refractivity contribution in [2.75, 3.05) is 33.4 Å². The Hall–Kier alpha value is -0.120. The van der Waals surface area contributed by atoms with Crippen molar-refractivity contribution in [1.82, 2.24) is 10.2 Å². The van der Waals surface area contributed by atoms with Crippen LogP contribution in [0.15, 0.2) is 0 Å². The molecule has 1 saturated heterocycles. The maximum Gasteiger partial charge on any atom is 0.0634 e. The maximum atomic E-state index is 5.48. The fourth-order valence-electron chi connectivity index (χ4n) is 1.89. The first kappa shape index (κ1) is 11.0. The van der Waals surface area contributed by atoms with Crippen LogP contribution in [-0.2, 0) is 4.74 Å². The molecular formula is C10H22N2O. The summed E-state index contributed by atoms with van der Waals surface area (Å²) in [4.78, 5) is 2.56. The molecule has 1 fully saturated rings. The number of nitrogens with zero attached hydrogens (tertiary/aromatic N) is 1. The summed E-state index contributed by atoms with van der Waals surface area (Å²) in [5.41, 5.74) is 0. The smallest absolute Gasteiger partial charge is 0.0634 e. The largest absolute Gasteiger partial charge is 0.378 e. The molecule has 1 aliphatic rings. The summed E-state index contributed by atoms with van der Waals surface area (Å²) in [6.45, 7) is 8.44. The van der Waals surface area contributed by atoms with Crippen LogP contribution in [-0.4, -0.2) is 50.3 Å². The molecule has 0 aromatic carbocycles. The molecule has 0 amide bonds. The van der Waals surface area contributed by atoms with Gasteiger partial charge in [0.1, 0.15) is 0 Å². The van der Waals surface area contributed by atoms with Gasteiger partial charge < -0.3 is 10.1 Å². The summed E-state index contributed by atoms with van der Waals surface area (Å²) in [5.74, 6) is 0. The predicted molar refractivity (Wildman–Crippen MR) is 55.0 cm³/mol. The Labute approximate surface area is 81.4 Å². The van der Waals surface area contributed by atoms with Crippen LogP contribution in [0.1, 0.15) is 20.3 Å². The quantitative estimate of drug-likeness (QED) is 0.699. The highest BCUT2D eigenvalue weighted by Crippen LogP contribution is 2.12. The van der Waals surface area contributed by atoms with E-state index in [-0.39, 0.29) is 0 Å². The van der Waals surface area contributed by atoms with E-state index in [1.807, 2.05) is 7.05 Å². The summed E-state index contributed by atoms with van der Waals surface area (Å²) in [6, 6.07) is 1.25. The highest BCUT2D eigenvalue weighted by Gasteiger charge is 2.25. The monoisotopic (exact) mass is 186 g/mol. The van der Waals surface area contributed by atoms with Gasteiger partial charge in [0.25, 0.3) is 0 Å². The van der Waals surface area contributed by atoms with Crippen molar-refractivity contribution in [1.29, 1.82) is 0 Å². The zero-order valence-corrected chi connectivity index (χ0v) is 9.05. The predicted octanol–water partition coefficient (Wildman–Crippen LogP) is 0.705. The van der Waals surface area contributed by atoms with Crippen LogP contribution in [0.2, 0.25) is 0 Å². The average Bonchev–Trinajstić information content (AvgIpc) is 2.18. The van der Waals surface area contributed by atoms with Crippen LogP contribution < -0.4 is 5.32 Å². The molecule has 0 aliphatic carbocycles. The van der Waals surface area contributed by atoms with Gasteiger partial charge >= 0.3 is 0 Å². The Kier molecular flexibility index (Phi) is 4.70. The third-order valence-corrected chi connectivity index (χ3v) is 2.87. The molecule has 0 aromatic rings. The van der Waals surface area contributed by atoms with Gasteiger partial charge in [0.05, 0.1) is 13.2 Å². The zero-order chi connectivity index (χ0) is 9.68. The molecule has 2 unspecified atom stereocenters. The van der Waals surface area contributed by atoms with Gasteiger partial charge in [-0.15, -0.1) is 0 Å². The zero-order valence-electron chi connectivity index (χ0n) is 9.05. The molecule has 3 heteroatoms. The highest BCUT2D eigenvalue weighted by atomic mass is 16.5. The van der Waals surface area contributed by atoms with Gasteiger partial charge in [0.2, 0.25) is 0 Å². The molecule has 0 bridgehead atoms. The highest BCUT2D eigenvalue weighted by molar-refractivity contribution is 4.80. The standard InChI is InChI=1S/C10H22N2O/c1-4-9(2)12-5-6-13-8-10(12)7-11-3/h9-11H,4-8H2,1-3H3. The van der Waals surface area contributed by atoms with Crippen molar-refractivity contribution >= 4 is 0 Å². The van der Waals surface area contributed by atoms with Gasteiger partial charge in [0, 0.05) is 25.2 Å². The maximum absolute atomic E-state index is 5.48. The lowest BCUT2D eigenvalue weighted by molar-refractivity contribution is -0.0247. The minimum absolute atomic E-state index is 0.564. The molecule has 1 rings (SSSR count). The van der Waals surface area contributed by atoms with Crippen molar-refractivity contribution in [2.45, 2.75) is 32.4 Å². The normalized spacial score (nSPS) is 27.5. The van der Waals surface area contributed by atoms with E-state index in [1.165, 1.54) is 6.42 Å². The molecule has 1 aliphatic heterocycles. The second-order valence-electron chi connectivity index (χ2n) is 3.78. The molecular weight excluding hydrogens is 164 g/mol. The van der Waals surface area contributed by atoms with Gasteiger partial charge in [-0.05, 0) is 20.4 Å². The van der Waals surface area contributed by atoms with E-state index < -0.39 is 0 Å². The lowest BCUT2D eigenvalue weighted by Crippen LogP contribution is -2.53. The lowest BCUT2D eigenvalue weighted by Gasteiger charge is -2.39. The van der Waals surface area contributed by atoms with Crippen molar-refractivity contribution in [3.8, 4) is 0 Å². The van der Waals surface area contributed by atoms with Crippen molar-refractivity contribution in [3.05, 3.63) is 0 Å². The number of likely N-dealkylation sites (N-methyl/N-ethyl adjacent to an activating group) is 1. The van der Waals surface area contributed by atoms with Gasteiger partial charge in [0.15, 0.2) is 0 Å². The molecule has 13 heavy (non-hydrogen) atoms. The molecule has 1 N–H and O–H groups in total. The molecule has 0 aromatic heterocycles. The summed E-state index contributed by atoms with van der Waals surface area (Å²) in [6.07, 6.45) is 1.22. The molecule has 0 spiro atoms. The Morgan fingerprint density at radius 3 is 3.00 bits per heavy atom. The van der Waals surface area contributed by atoms with Crippen molar-refractivity contribution in [3.63, 3.8) is 0 Å². The minimum Gasteiger partial charge on any atom is -0.378 e. The van der Waals surface area contributed by atoms with E-state index in [4.69, 9.17) is 4.74 Å². The summed E-state index contributed by atoms with van der Waals surface area (Å²) < 4.78 is 5.48. The van der Waals surface area contributed by atoms with Crippen LogP contribution in [0.25, 0.3) is 0 Å². The number of rotatable bonds is 4. The van der Waals surface area contributed by atoms with Gasteiger partial charge in [-0.25, -0.2) is 0 Å². The molecule has 78 valence electrons. The Balaban J connectivity index is 2.45. The van der Waals surface area contributed by atoms with Crippen LogP contribution in [0.3, 0.4) is 0 Å².